The lowest BCUT2D eigenvalue weighted by atomic mass is 9.98. The van der Waals surface area contributed by atoms with Gasteiger partial charge < -0.3 is 5.32 Å². The highest BCUT2D eigenvalue weighted by Crippen LogP contribution is 2.21. The minimum absolute atomic E-state index is 0.0146. The van der Waals surface area contributed by atoms with Gasteiger partial charge in [0.05, 0.1) is 6.04 Å². The molecule has 0 fully saturated rings. The number of nitrogens with one attached hydrogen (secondary N) is 1. The number of rotatable bonds is 7. The Hall–Kier alpha value is -3.02. The molecular formula is C18H19N5O. The van der Waals surface area contributed by atoms with Gasteiger partial charge in [-0.05, 0) is 28.0 Å². The Bertz CT molecular complexity index is 704. The molecule has 2 aromatic carbocycles. The van der Waals surface area contributed by atoms with Crippen LogP contribution >= 0.6 is 0 Å². The summed E-state index contributed by atoms with van der Waals surface area (Å²) >= 11 is 0. The number of hydrogen-bond acceptors (Lipinski definition) is 4. The van der Waals surface area contributed by atoms with E-state index in [4.69, 9.17) is 0 Å². The number of benzene rings is 2. The molecule has 1 aromatic heterocycles. The Morgan fingerprint density at radius 3 is 2.17 bits per heavy atom. The Labute approximate surface area is 140 Å². The van der Waals surface area contributed by atoms with Gasteiger partial charge in [0, 0.05) is 13.0 Å². The van der Waals surface area contributed by atoms with Crippen molar-refractivity contribution in [2.24, 2.45) is 0 Å². The molecule has 0 aliphatic heterocycles. The van der Waals surface area contributed by atoms with E-state index in [1.807, 2.05) is 60.7 Å². The molecule has 24 heavy (non-hydrogen) atoms. The van der Waals surface area contributed by atoms with Crippen LogP contribution in [-0.4, -0.2) is 26.1 Å². The van der Waals surface area contributed by atoms with Crippen LogP contribution in [0.2, 0.25) is 0 Å². The predicted molar refractivity (Wildman–Crippen MR) is 89.9 cm³/mol. The van der Waals surface area contributed by atoms with Crippen LogP contribution in [0.4, 0.5) is 0 Å². The van der Waals surface area contributed by atoms with Crippen molar-refractivity contribution in [1.82, 2.24) is 25.5 Å². The second-order valence-corrected chi connectivity index (χ2v) is 5.50. The Morgan fingerprint density at radius 1 is 1.00 bits per heavy atom. The summed E-state index contributed by atoms with van der Waals surface area (Å²) in [6.45, 7) is 0.627. The Balaban J connectivity index is 1.64. The first-order valence-electron chi connectivity index (χ1n) is 7.93. The average Bonchev–Trinajstić information content (AvgIpc) is 3.15. The molecule has 0 aliphatic carbocycles. The monoisotopic (exact) mass is 321 g/mol. The van der Waals surface area contributed by atoms with E-state index in [0.29, 0.717) is 19.4 Å². The zero-order chi connectivity index (χ0) is 16.6. The summed E-state index contributed by atoms with van der Waals surface area (Å²) in [5.74, 6) is 0.0146. The first kappa shape index (κ1) is 15.9. The van der Waals surface area contributed by atoms with Gasteiger partial charge in [0.1, 0.15) is 6.33 Å². The molecule has 1 heterocycles. The van der Waals surface area contributed by atoms with Crippen LogP contribution in [0.3, 0.4) is 0 Å². The van der Waals surface area contributed by atoms with Crippen LogP contribution in [0.25, 0.3) is 0 Å². The largest absolute Gasteiger partial charge is 0.345 e. The smallest absolute Gasteiger partial charge is 0.220 e. The van der Waals surface area contributed by atoms with E-state index >= 15 is 0 Å². The van der Waals surface area contributed by atoms with Crippen molar-refractivity contribution in [3.05, 3.63) is 78.1 Å². The predicted octanol–water partition coefficient (Wildman–Crippen LogP) is 2.36. The summed E-state index contributed by atoms with van der Waals surface area (Å²) in [7, 11) is 0. The normalized spacial score (nSPS) is 10.7. The molecule has 3 rings (SSSR count). The highest BCUT2D eigenvalue weighted by Gasteiger charge is 2.16. The van der Waals surface area contributed by atoms with Crippen molar-refractivity contribution in [1.29, 1.82) is 0 Å². The van der Waals surface area contributed by atoms with Gasteiger partial charge in [0.15, 0.2) is 0 Å². The van der Waals surface area contributed by atoms with E-state index in [2.05, 4.69) is 20.8 Å². The molecule has 1 N–H and O–H groups in total. The lowest BCUT2D eigenvalue weighted by molar-refractivity contribution is -0.121. The standard InChI is InChI=1S/C18H19N5O/c24-17(12-7-13-23-14-19-21-22-23)20-18(15-8-3-1-4-9-15)16-10-5-2-6-11-16/h1-6,8-11,14,18H,7,12-13H2,(H,20,24). The van der Waals surface area contributed by atoms with Gasteiger partial charge in [-0.3, -0.25) is 4.79 Å². The summed E-state index contributed by atoms with van der Waals surface area (Å²) in [5, 5.41) is 14.1. The number of carbonyl (C=O) groups excluding carboxylic acids is 1. The number of nitrogens with zero attached hydrogens (tertiary/aromatic N) is 4. The fourth-order valence-electron chi connectivity index (χ4n) is 2.57. The van der Waals surface area contributed by atoms with Crippen LogP contribution in [0, 0.1) is 0 Å². The van der Waals surface area contributed by atoms with Crippen LogP contribution < -0.4 is 5.32 Å². The molecule has 0 saturated heterocycles. The second kappa shape index (κ2) is 8.01. The third-order valence-corrected chi connectivity index (χ3v) is 3.75. The van der Waals surface area contributed by atoms with Crippen molar-refractivity contribution in [2.75, 3.05) is 0 Å². The number of carbonyl (C=O) groups is 1. The van der Waals surface area contributed by atoms with E-state index in [-0.39, 0.29) is 11.9 Å². The van der Waals surface area contributed by atoms with Crippen molar-refractivity contribution in [2.45, 2.75) is 25.4 Å². The number of aromatic nitrogens is 4. The Kier molecular flexibility index (Phi) is 5.29. The van der Waals surface area contributed by atoms with E-state index in [1.165, 1.54) is 0 Å². The highest BCUT2D eigenvalue weighted by molar-refractivity contribution is 5.77. The van der Waals surface area contributed by atoms with Gasteiger partial charge in [-0.25, -0.2) is 4.68 Å². The fraction of sp³-hybridized carbons (Fsp3) is 0.222. The number of aryl methyl sites for hydroxylation is 1. The molecule has 0 aliphatic rings. The quantitative estimate of drug-likeness (QED) is 0.725. The molecule has 6 nitrogen and oxygen atoms in total. The van der Waals surface area contributed by atoms with E-state index in [9.17, 15) is 4.79 Å². The molecule has 0 atom stereocenters. The first-order chi connectivity index (χ1) is 11.8. The van der Waals surface area contributed by atoms with Crippen molar-refractivity contribution >= 4 is 5.91 Å². The van der Waals surface area contributed by atoms with Crippen LogP contribution in [0.1, 0.15) is 30.0 Å². The lowest BCUT2D eigenvalue weighted by Crippen LogP contribution is -2.29. The van der Waals surface area contributed by atoms with E-state index < -0.39 is 0 Å². The first-order valence-corrected chi connectivity index (χ1v) is 7.93. The minimum atomic E-state index is -0.145. The topological polar surface area (TPSA) is 72.7 Å². The summed E-state index contributed by atoms with van der Waals surface area (Å²) < 4.78 is 1.62. The van der Waals surface area contributed by atoms with Gasteiger partial charge >= 0.3 is 0 Å². The maximum absolute atomic E-state index is 12.4. The maximum Gasteiger partial charge on any atom is 0.220 e. The fourth-order valence-corrected chi connectivity index (χ4v) is 2.57. The molecular weight excluding hydrogens is 302 g/mol. The molecule has 0 unspecified atom stereocenters. The molecule has 0 radical (unpaired) electrons. The van der Waals surface area contributed by atoms with Gasteiger partial charge in [0.2, 0.25) is 5.91 Å². The van der Waals surface area contributed by atoms with Crippen molar-refractivity contribution < 1.29 is 4.79 Å². The third kappa shape index (κ3) is 4.25. The SMILES string of the molecule is O=C(CCCn1cnnn1)NC(c1ccccc1)c1ccccc1. The van der Waals surface area contributed by atoms with Crippen LogP contribution in [0.5, 0.6) is 0 Å². The summed E-state index contributed by atoms with van der Waals surface area (Å²) in [4.78, 5) is 12.4. The lowest BCUT2D eigenvalue weighted by Gasteiger charge is -2.20. The summed E-state index contributed by atoms with van der Waals surface area (Å²) in [6.07, 6.45) is 2.66. The highest BCUT2D eigenvalue weighted by atomic mass is 16.1. The summed E-state index contributed by atoms with van der Waals surface area (Å²) in [6, 6.07) is 19.8. The van der Waals surface area contributed by atoms with Crippen LogP contribution in [0.15, 0.2) is 67.0 Å². The number of hydrogen-bond donors (Lipinski definition) is 1. The maximum atomic E-state index is 12.4. The number of amides is 1. The molecule has 1 amide bonds. The average molecular weight is 321 g/mol. The Morgan fingerprint density at radius 2 is 1.62 bits per heavy atom. The van der Waals surface area contributed by atoms with Gasteiger partial charge in [0.25, 0.3) is 0 Å². The summed E-state index contributed by atoms with van der Waals surface area (Å²) in [5.41, 5.74) is 2.13. The van der Waals surface area contributed by atoms with Gasteiger partial charge in [-0.1, -0.05) is 60.7 Å². The van der Waals surface area contributed by atoms with Crippen molar-refractivity contribution in [3.63, 3.8) is 0 Å². The molecule has 3 aromatic rings. The van der Waals surface area contributed by atoms with Crippen molar-refractivity contribution in [3.8, 4) is 0 Å². The van der Waals surface area contributed by atoms with Gasteiger partial charge in [-0.15, -0.1) is 5.10 Å². The molecule has 0 bridgehead atoms. The van der Waals surface area contributed by atoms with Crippen LogP contribution in [-0.2, 0) is 11.3 Å². The zero-order valence-corrected chi connectivity index (χ0v) is 13.2. The zero-order valence-electron chi connectivity index (χ0n) is 13.2. The molecule has 6 heteroatoms. The molecule has 0 saturated carbocycles. The third-order valence-electron chi connectivity index (χ3n) is 3.75. The van der Waals surface area contributed by atoms with Gasteiger partial charge in [-0.2, -0.15) is 0 Å². The molecule has 122 valence electrons. The van der Waals surface area contributed by atoms with E-state index in [0.717, 1.165) is 11.1 Å². The van der Waals surface area contributed by atoms with E-state index in [1.54, 1.807) is 11.0 Å². The number of tetrazole rings is 1. The minimum Gasteiger partial charge on any atom is -0.345 e. The molecule has 0 spiro atoms. The second-order valence-electron chi connectivity index (χ2n) is 5.50.